The number of pyridine rings is 1. The highest BCUT2D eigenvalue weighted by Gasteiger charge is 2.29. The van der Waals surface area contributed by atoms with Crippen molar-refractivity contribution in [2.45, 2.75) is 55.8 Å². The summed E-state index contributed by atoms with van der Waals surface area (Å²) in [4.78, 5) is 9.57. The number of rotatable bonds is 7. The Morgan fingerprint density at radius 1 is 1.21 bits per heavy atom. The van der Waals surface area contributed by atoms with Gasteiger partial charge < -0.3 is 14.4 Å². The van der Waals surface area contributed by atoms with Gasteiger partial charge in [0.1, 0.15) is 17.4 Å². The van der Waals surface area contributed by atoms with E-state index in [1.54, 1.807) is 54.9 Å². The second kappa shape index (κ2) is 8.98. The van der Waals surface area contributed by atoms with Crippen molar-refractivity contribution in [3.05, 3.63) is 67.3 Å². The Bertz CT molecular complexity index is 1430. The standard InChI is InChI=1S/C25H28N4O4S/c1-3-15-33-17(2)24-27-22-16-26-25-21(23(22)29(24)18-9-11-19(30)12-10-18)13-14-28(25)34(31,32)20-7-5-4-6-8-20/h3-8,13-14,16-19,30H,1,9-12,15H2,2H3/t17-,18?,19?/m1/s1. The Morgan fingerprint density at radius 3 is 2.65 bits per heavy atom. The van der Waals surface area contributed by atoms with Crippen molar-refractivity contribution in [2.24, 2.45) is 0 Å². The molecule has 3 heterocycles. The molecule has 0 spiro atoms. The first-order chi connectivity index (χ1) is 16.4. The van der Waals surface area contributed by atoms with Gasteiger partial charge in [0.25, 0.3) is 10.0 Å². The molecule has 5 rings (SSSR count). The van der Waals surface area contributed by atoms with Crippen LogP contribution < -0.4 is 0 Å². The van der Waals surface area contributed by atoms with Gasteiger partial charge in [-0.2, -0.15) is 0 Å². The molecule has 8 nitrogen and oxygen atoms in total. The van der Waals surface area contributed by atoms with Crippen LogP contribution in [-0.2, 0) is 14.8 Å². The molecule has 1 aromatic carbocycles. The summed E-state index contributed by atoms with van der Waals surface area (Å²) in [6.07, 6.45) is 7.35. The van der Waals surface area contributed by atoms with Gasteiger partial charge in [0.2, 0.25) is 0 Å². The van der Waals surface area contributed by atoms with Gasteiger partial charge in [-0.25, -0.2) is 22.4 Å². The lowest BCUT2D eigenvalue weighted by Gasteiger charge is -2.29. The minimum atomic E-state index is -3.80. The normalized spacial score (nSPS) is 20.1. The van der Waals surface area contributed by atoms with E-state index >= 15 is 0 Å². The molecule has 0 saturated heterocycles. The fourth-order valence-corrected chi connectivity index (χ4v) is 6.15. The highest BCUT2D eigenvalue weighted by Crippen LogP contribution is 2.37. The SMILES string of the molecule is C=CCO[C@H](C)c1nc2cnc3c(ccn3S(=O)(=O)c3ccccc3)c2n1C1CCC(O)CC1. The quantitative estimate of drug-likeness (QED) is 0.395. The maximum Gasteiger partial charge on any atom is 0.269 e. The third-order valence-corrected chi connectivity index (χ3v) is 8.20. The smallest absolute Gasteiger partial charge is 0.269 e. The summed E-state index contributed by atoms with van der Waals surface area (Å²) in [5.74, 6) is 0.770. The fourth-order valence-electron chi connectivity index (χ4n) is 4.83. The molecule has 1 atom stereocenters. The van der Waals surface area contributed by atoms with Crippen LogP contribution in [0, 0.1) is 0 Å². The lowest BCUT2D eigenvalue weighted by Crippen LogP contribution is -2.23. The van der Waals surface area contributed by atoms with Gasteiger partial charge in [-0.1, -0.05) is 24.3 Å². The molecular weight excluding hydrogens is 452 g/mol. The van der Waals surface area contributed by atoms with E-state index < -0.39 is 10.0 Å². The molecule has 0 radical (unpaired) electrons. The number of aromatic nitrogens is 4. The Kier molecular flexibility index (Phi) is 6.01. The van der Waals surface area contributed by atoms with Crippen molar-refractivity contribution >= 4 is 32.1 Å². The summed E-state index contributed by atoms with van der Waals surface area (Å²) in [5.41, 5.74) is 1.90. The predicted octanol–water partition coefficient (Wildman–Crippen LogP) is 4.36. The number of hydrogen-bond donors (Lipinski definition) is 1. The van der Waals surface area contributed by atoms with E-state index in [0.717, 1.165) is 29.6 Å². The molecule has 1 fully saturated rings. The van der Waals surface area contributed by atoms with Crippen molar-refractivity contribution in [1.29, 1.82) is 0 Å². The molecule has 1 N–H and O–H groups in total. The summed E-state index contributed by atoms with van der Waals surface area (Å²) >= 11 is 0. The van der Waals surface area contributed by atoms with Crippen LogP contribution in [0.25, 0.3) is 22.1 Å². The Balaban J connectivity index is 1.71. The zero-order valence-electron chi connectivity index (χ0n) is 19.0. The first-order valence-corrected chi connectivity index (χ1v) is 12.9. The maximum absolute atomic E-state index is 13.3. The monoisotopic (exact) mass is 480 g/mol. The topological polar surface area (TPSA) is 99.2 Å². The molecule has 1 saturated carbocycles. The molecule has 1 aliphatic rings. The minimum absolute atomic E-state index is 0.123. The zero-order valence-corrected chi connectivity index (χ0v) is 19.9. The van der Waals surface area contributed by atoms with Crippen LogP contribution in [0.2, 0.25) is 0 Å². The van der Waals surface area contributed by atoms with Gasteiger partial charge in [-0.05, 0) is 50.8 Å². The van der Waals surface area contributed by atoms with Crippen LogP contribution in [0.15, 0.2) is 66.3 Å². The van der Waals surface area contributed by atoms with Crippen LogP contribution in [0.1, 0.15) is 50.6 Å². The molecular formula is C25H28N4O4S. The lowest BCUT2D eigenvalue weighted by molar-refractivity contribution is 0.0732. The lowest BCUT2D eigenvalue weighted by atomic mass is 9.92. The minimum Gasteiger partial charge on any atom is -0.393 e. The molecule has 0 amide bonds. The van der Waals surface area contributed by atoms with Crippen molar-refractivity contribution in [3.63, 3.8) is 0 Å². The number of hydrogen-bond acceptors (Lipinski definition) is 6. The maximum atomic E-state index is 13.3. The molecule has 0 unspecified atom stereocenters. The molecule has 34 heavy (non-hydrogen) atoms. The molecule has 1 aliphatic carbocycles. The first-order valence-electron chi connectivity index (χ1n) is 11.5. The molecule has 3 aromatic heterocycles. The molecule has 0 bridgehead atoms. The van der Waals surface area contributed by atoms with E-state index in [1.165, 1.54) is 3.97 Å². The van der Waals surface area contributed by atoms with Crippen LogP contribution in [0.4, 0.5) is 0 Å². The van der Waals surface area contributed by atoms with E-state index in [-0.39, 0.29) is 23.1 Å². The van der Waals surface area contributed by atoms with Crippen LogP contribution in [-0.4, -0.2) is 44.7 Å². The third-order valence-electron chi connectivity index (χ3n) is 6.51. The van der Waals surface area contributed by atoms with Crippen molar-refractivity contribution < 1.29 is 18.3 Å². The molecule has 178 valence electrons. The van der Waals surface area contributed by atoms with Crippen LogP contribution in [0.5, 0.6) is 0 Å². The molecule has 9 heteroatoms. The number of imidazole rings is 1. The predicted molar refractivity (Wildman–Crippen MR) is 130 cm³/mol. The number of benzene rings is 1. The van der Waals surface area contributed by atoms with Crippen LogP contribution >= 0.6 is 0 Å². The second-order valence-corrected chi connectivity index (χ2v) is 10.5. The van der Waals surface area contributed by atoms with Gasteiger partial charge in [-0.15, -0.1) is 6.58 Å². The van der Waals surface area contributed by atoms with Gasteiger partial charge in [0, 0.05) is 17.6 Å². The fraction of sp³-hybridized carbons (Fsp3) is 0.360. The summed E-state index contributed by atoms with van der Waals surface area (Å²) < 4.78 is 36.0. The number of ether oxygens (including phenoxy) is 1. The van der Waals surface area contributed by atoms with E-state index in [4.69, 9.17) is 9.72 Å². The largest absolute Gasteiger partial charge is 0.393 e. The van der Waals surface area contributed by atoms with Gasteiger partial charge in [-0.3, -0.25) is 0 Å². The molecule has 0 aliphatic heterocycles. The van der Waals surface area contributed by atoms with E-state index in [0.29, 0.717) is 30.6 Å². The number of fused-ring (bicyclic) bond motifs is 3. The van der Waals surface area contributed by atoms with E-state index in [1.807, 2.05) is 6.92 Å². The summed E-state index contributed by atoms with van der Waals surface area (Å²) in [7, 11) is -3.80. The average Bonchev–Trinajstić information content (AvgIpc) is 3.46. The van der Waals surface area contributed by atoms with E-state index in [2.05, 4.69) is 16.1 Å². The number of aliphatic hydroxyl groups excluding tert-OH is 1. The van der Waals surface area contributed by atoms with Crippen LogP contribution in [0.3, 0.4) is 0 Å². The number of aliphatic hydroxyl groups is 1. The number of nitrogens with zero attached hydrogens (tertiary/aromatic N) is 4. The zero-order chi connectivity index (χ0) is 23.9. The Labute approximate surface area is 198 Å². The van der Waals surface area contributed by atoms with Gasteiger partial charge >= 0.3 is 0 Å². The highest BCUT2D eigenvalue weighted by atomic mass is 32.2. The van der Waals surface area contributed by atoms with Crippen molar-refractivity contribution in [3.8, 4) is 0 Å². The second-order valence-electron chi connectivity index (χ2n) is 8.73. The first kappa shape index (κ1) is 22.8. The Hall–Kier alpha value is -3.01. The summed E-state index contributed by atoms with van der Waals surface area (Å²) in [5, 5.41) is 10.8. The van der Waals surface area contributed by atoms with Gasteiger partial charge in [0.05, 0.1) is 29.3 Å². The van der Waals surface area contributed by atoms with Crippen molar-refractivity contribution in [2.75, 3.05) is 6.61 Å². The average molecular weight is 481 g/mol. The summed E-state index contributed by atoms with van der Waals surface area (Å²) in [6, 6.07) is 10.3. The van der Waals surface area contributed by atoms with E-state index in [9.17, 15) is 13.5 Å². The Morgan fingerprint density at radius 2 is 1.94 bits per heavy atom. The molecule has 4 aromatic rings. The van der Waals surface area contributed by atoms with Crippen molar-refractivity contribution in [1.82, 2.24) is 18.5 Å². The summed E-state index contributed by atoms with van der Waals surface area (Å²) in [6.45, 7) is 6.08. The third kappa shape index (κ3) is 3.83. The van der Waals surface area contributed by atoms with Gasteiger partial charge in [0.15, 0.2) is 5.65 Å². The highest BCUT2D eigenvalue weighted by molar-refractivity contribution is 7.90.